The third-order valence-electron chi connectivity index (χ3n) is 2.62. The van der Waals surface area contributed by atoms with Crippen molar-refractivity contribution in [3.63, 3.8) is 0 Å². The van der Waals surface area contributed by atoms with Crippen LogP contribution in [-0.2, 0) is 13.5 Å². The number of aryl methyl sites for hydroxylation is 1. The van der Waals surface area contributed by atoms with E-state index >= 15 is 0 Å². The van der Waals surface area contributed by atoms with E-state index in [9.17, 15) is 0 Å². The van der Waals surface area contributed by atoms with Crippen molar-refractivity contribution in [2.24, 2.45) is 12.8 Å². The third kappa shape index (κ3) is 2.31. The van der Waals surface area contributed by atoms with Gasteiger partial charge in [0.2, 0.25) is 0 Å². The van der Waals surface area contributed by atoms with Gasteiger partial charge in [0.25, 0.3) is 0 Å². The van der Waals surface area contributed by atoms with Crippen LogP contribution in [0.2, 0.25) is 0 Å². The fraction of sp³-hybridized carbons (Fsp3) is 0.308. The van der Waals surface area contributed by atoms with E-state index in [4.69, 9.17) is 5.73 Å². The molecule has 2 N–H and O–H groups in total. The Balaban J connectivity index is 2.23. The lowest BCUT2D eigenvalue weighted by Crippen LogP contribution is -2.17. The second-order valence-corrected chi connectivity index (χ2v) is 4.27. The summed E-state index contributed by atoms with van der Waals surface area (Å²) in [6.07, 6.45) is 4.61. The molecule has 1 atom stereocenters. The van der Waals surface area contributed by atoms with Crippen LogP contribution in [0, 0.1) is 0 Å². The van der Waals surface area contributed by atoms with Crippen molar-refractivity contribution in [1.29, 1.82) is 0 Å². The van der Waals surface area contributed by atoms with Gasteiger partial charge in [-0.25, -0.2) is 4.98 Å². The maximum absolute atomic E-state index is 5.77. The predicted octanol–water partition coefficient (Wildman–Crippen LogP) is 1.98. The molecule has 1 unspecified atom stereocenters. The summed E-state index contributed by atoms with van der Waals surface area (Å²) in [5, 5.41) is 0. The van der Waals surface area contributed by atoms with Gasteiger partial charge in [-0.3, -0.25) is 0 Å². The first-order valence-corrected chi connectivity index (χ1v) is 5.48. The molecule has 0 aliphatic heterocycles. The Hall–Kier alpha value is -1.61. The van der Waals surface area contributed by atoms with E-state index in [2.05, 4.69) is 29.2 Å². The lowest BCUT2D eigenvalue weighted by molar-refractivity contribution is 0.738. The second kappa shape index (κ2) is 4.49. The standard InChI is InChI=1S/C13H17N3/c1-10(14)7-11-3-5-12(6-4-11)13-8-15-9-16(13)2/h3-6,8-10H,7,14H2,1-2H3. The molecule has 0 bridgehead atoms. The van der Waals surface area contributed by atoms with E-state index in [1.165, 1.54) is 11.1 Å². The summed E-state index contributed by atoms with van der Waals surface area (Å²) in [7, 11) is 2.00. The summed E-state index contributed by atoms with van der Waals surface area (Å²) in [6.45, 7) is 2.02. The zero-order valence-corrected chi connectivity index (χ0v) is 9.72. The molecule has 0 radical (unpaired) electrons. The summed E-state index contributed by atoms with van der Waals surface area (Å²) in [5.74, 6) is 0. The van der Waals surface area contributed by atoms with Crippen LogP contribution in [-0.4, -0.2) is 15.6 Å². The molecule has 0 spiro atoms. The molecule has 2 aromatic rings. The molecule has 1 aromatic heterocycles. The number of hydrogen-bond donors (Lipinski definition) is 1. The Bertz CT molecular complexity index is 454. The van der Waals surface area contributed by atoms with Crippen molar-refractivity contribution in [2.45, 2.75) is 19.4 Å². The molecule has 0 saturated heterocycles. The molecule has 0 aliphatic rings. The first kappa shape index (κ1) is 10.9. The number of nitrogens with two attached hydrogens (primary N) is 1. The molecule has 1 aromatic carbocycles. The highest BCUT2D eigenvalue weighted by Gasteiger charge is 2.02. The smallest absolute Gasteiger partial charge is 0.0948 e. The molecule has 3 nitrogen and oxygen atoms in total. The van der Waals surface area contributed by atoms with Crippen LogP contribution in [0.25, 0.3) is 11.3 Å². The average molecular weight is 215 g/mol. The third-order valence-corrected chi connectivity index (χ3v) is 2.62. The highest BCUT2D eigenvalue weighted by atomic mass is 15.0. The molecule has 84 valence electrons. The summed E-state index contributed by atoms with van der Waals surface area (Å²) >= 11 is 0. The van der Waals surface area contributed by atoms with Gasteiger partial charge in [-0.2, -0.15) is 0 Å². The number of aromatic nitrogens is 2. The average Bonchev–Trinajstić information content (AvgIpc) is 2.65. The maximum atomic E-state index is 5.77. The first-order valence-electron chi connectivity index (χ1n) is 5.48. The maximum Gasteiger partial charge on any atom is 0.0948 e. The minimum Gasteiger partial charge on any atom is -0.334 e. The molecule has 2 rings (SSSR count). The minimum atomic E-state index is 0.211. The lowest BCUT2D eigenvalue weighted by atomic mass is 10.0. The molecule has 16 heavy (non-hydrogen) atoms. The van der Waals surface area contributed by atoms with Crippen LogP contribution in [0.3, 0.4) is 0 Å². The topological polar surface area (TPSA) is 43.8 Å². The van der Waals surface area contributed by atoms with Crippen LogP contribution in [0.1, 0.15) is 12.5 Å². The van der Waals surface area contributed by atoms with Crippen LogP contribution in [0.5, 0.6) is 0 Å². The van der Waals surface area contributed by atoms with Gasteiger partial charge in [-0.05, 0) is 24.5 Å². The summed E-state index contributed by atoms with van der Waals surface area (Å²) < 4.78 is 2.01. The van der Waals surface area contributed by atoms with Gasteiger partial charge in [0.15, 0.2) is 0 Å². The Labute approximate surface area is 95.9 Å². The normalized spacial score (nSPS) is 12.7. The van der Waals surface area contributed by atoms with Crippen molar-refractivity contribution in [1.82, 2.24) is 9.55 Å². The summed E-state index contributed by atoms with van der Waals surface area (Å²) in [5.41, 5.74) is 9.37. The van der Waals surface area contributed by atoms with Gasteiger partial charge in [0.05, 0.1) is 18.2 Å². The number of nitrogens with zero attached hydrogens (tertiary/aromatic N) is 2. The second-order valence-electron chi connectivity index (χ2n) is 4.27. The fourth-order valence-corrected chi connectivity index (χ4v) is 1.82. The zero-order valence-electron chi connectivity index (χ0n) is 9.72. The molecule has 0 aliphatic carbocycles. The van der Waals surface area contributed by atoms with Gasteiger partial charge in [0, 0.05) is 13.1 Å². The van der Waals surface area contributed by atoms with Crippen LogP contribution in [0.4, 0.5) is 0 Å². The Morgan fingerprint density at radius 3 is 2.50 bits per heavy atom. The highest BCUT2D eigenvalue weighted by Crippen LogP contribution is 2.18. The molecule has 0 saturated carbocycles. The highest BCUT2D eigenvalue weighted by molar-refractivity contribution is 5.59. The monoisotopic (exact) mass is 215 g/mol. The molecule has 0 fully saturated rings. The van der Waals surface area contributed by atoms with E-state index < -0.39 is 0 Å². The van der Waals surface area contributed by atoms with E-state index in [1.807, 2.05) is 31.1 Å². The van der Waals surface area contributed by atoms with E-state index in [0.29, 0.717) is 0 Å². The van der Waals surface area contributed by atoms with Crippen LogP contribution in [0.15, 0.2) is 36.8 Å². The van der Waals surface area contributed by atoms with Gasteiger partial charge in [-0.15, -0.1) is 0 Å². The van der Waals surface area contributed by atoms with Crippen molar-refractivity contribution in [2.75, 3.05) is 0 Å². The van der Waals surface area contributed by atoms with Gasteiger partial charge in [-0.1, -0.05) is 24.3 Å². The number of imidazole rings is 1. The minimum absolute atomic E-state index is 0.211. The number of rotatable bonds is 3. The SMILES string of the molecule is CC(N)Cc1ccc(-c2cncn2C)cc1. The van der Waals surface area contributed by atoms with Gasteiger partial charge in [0.1, 0.15) is 0 Å². The quantitative estimate of drug-likeness (QED) is 0.850. The van der Waals surface area contributed by atoms with Gasteiger partial charge >= 0.3 is 0 Å². The Kier molecular flexibility index (Phi) is 3.06. The summed E-state index contributed by atoms with van der Waals surface area (Å²) in [6, 6.07) is 8.71. The first-order chi connectivity index (χ1) is 7.66. The van der Waals surface area contributed by atoms with Crippen LogP contribution < -0.4 is 5.73 Å². The Morgan fingerprint density at radius 2 is 2.00 bits per heavy atom. The molecular formula is C13H17N3. The van der Waals surface area contributed by atoms with Gasteiger partial charge < -0.3 is 10.3 Å². The van der Waals surface area contributed by atoms with E-state index in [0.717, 1.165) is 12.1 Å². The fourth-order valence-electron chi connectivity index (χ4n) is 1.82. The van der Waals surface area contributed by atoms with Crippen molar-refractivity contribution >= 4 is 0 Å². The number of hydrogen-bond acceptors (Lipinski definition) is 2. The lowest BCUT2D eigenvalue weighted by Gasteiger charge is -2.07. The Morgan fingerprint density at radius 1 is 1.31 bits per heavy atom. The van der Waals surface area contributed by atoms with E-state index in [1.54, 1.807) is 0 Å². The van der Waals surface area contributed by atoms with Crippen molar-refractivity contribution in [3.8, 4) is 11.3 Å². The molecule has 0 amide bonds. The predicted molar refractivity (Wildman–Crippen MR) is 66.0 cm³/mol. The molecule has 1 heterocycles. The number of benzene rings is 1. The zero-order chi connectivity index (χ0) is 11.5. The molecular weight excluding hydrogens is 198 g/mol. The largest absolute Gasteiger partial charge is 0.334 e. The van der Waals surface area contributed by atoms with Crippen molar-refractivity contribution < 1.29 is 0 Å². The van der Waals surface area contributed by atoms with Crippen LogP contribution >= 0.6 is 0 Å². The van der Waals surface area contributed by atoms with E-state index in [-0.39, 0.29) is 6.04 Å². The summed E-state index contributed by atoms with van der Waals surface area (Å²) in [4.78, 5) is 4.11. The molecule has 3 heteroatoms. The van der Waals surface area contributed by atoms with Crippen molar-refractivity contribution in [3.05, 3.63) is 42.4 Å².